The molecule has 32 heavy (non-hydrogen) atoms. The molecule has 1 fully saturated rings. The van der Waals surface area contributed by atoms with Gasteiger partial charge in [-0.15, -0.1) is 0 Å². The van der Waals surface area contributed by atoms with Crippen molar-refractivity contribution < 1.29 is 9.53 Å². The number of fused-ring (bicyclic) bond motifs is 1. The van der Waals surface area contributed by atoms with Gasteiger partial charge in [0, 0.05) is 32.8 Å². The van der Waals surface area contributed by atoms with Crippen LogP contribution in [0.3, 0.4) is 0 Å². The third kappa shape index (κ3) is 4.46. The van der Waals surface area contributed by atoms with Gasteiger partial charge >= 0.3 is 5.69 Å². The van der Waals surface area contributed by atoms with Crippen molar-refractivity contribution in [1.29, 1.82) is 0 Å². The molecule has 2 aromatic heterocycles. The van der Waals surface area contributed by atoms with Crippen LogP contribution in [0.5, 0.6) is 0 Å². The van der Waals surface area contributed by atoms with E-state index in [0.29, 0.717) is 17.4 Å². The molecule has 0 unspecified atom stereocenters. The standard InChI is InChI=1S/C22H25N5O4S/c1-13-6-4-7-14(10-13)18-24-19-17(21(29)27(3)22(30)26(19)2)20(25-18)32-12-16(28)23-11-15-8-5-9-31-15/h4,6-7,10,15H,5,8-9,11-12H2,1-3H3,(H,23,28)/t15-/m0/s1. The molecule has 1 saturated heterocycles. The maximum atomic E-state index is 12.9. The number of nitrogens with one attached hydrogen (secondary N) is 1. The largest absolute Gasteiger partial charge is 0.376 e. The van der Waals surface area contributed by atoms with Crippen molar-refractivity contribution >= 4 is 28.7 Å². The molecule has 10 heteroatoms. The van der Waals surface area contributed by atoms with Crippen LogP contribution in [0.25, 0.3) is 22.4 Å². The molecule has 0 bridgehead atoms. The van der Waals surface area contributed by atoms with E-state index >= 15 is 0 Å². The Bertz CT molecular complexity index is 1290. The molecule has 1 aromatic carbocycles. The molecule has 0 radical (unpaired) electrons. The molecular weight excluding hydrogens is 430 g/mol. The molecular formula is C22H25N5O4S. The van der Waals surface area contributed by atoms with Crippen LogP contribution in [-0.2, 0) is 23.6 Å². The van der Waals surface area contributed by atoms with E-state index in [4.69, 9.17) is 4.74 Å². The number of thioether (sulfide) groups is 1. The minimum absolute atomic E-state index is 0.0542. The average molecular weight is 456 g/mol. The molecule has 0 aliphatic carbocycles. The first-order valence-electron chi connectivity index (χ1n) is 10.4. The Balaban J connectivity index is 1.71. The average Bonchev–Trinajstić information content (AvgIpc) is 3.31. The van der Waals surface area contributed by atoms with E-state index < -0.39 is 11.2 Å². The Morgan fingerprint density at radius 2 is 2.06 bits per heavy atom. The van der Waals surface area contributed by atoms with Crippen LogP contribution in [0.4, 0.5) is 0 Å². The number of rotatable bonds is 6. The lowest BCUT2D eigenvalue weighted by Gasteiger charge is -2.13. The predicted octanol–water partition coefficient (Wildman–Crippen LogP) is 1.39. The number of amides is 1. The Hall–Kier alpha value is -2.98. The first-order valence-corrected chi connectivity index (χ1v) is 11.4. The monoisotopic (exact) mass is 455 g/mol. The summed E-state index contributed by atoms with van der Waals surface area (Å²) in [6.07, 6.45) is 2.00. The number of aromatic nitrogens is 4. The zero-order valence-electron chi connectivity index (χ0n) is 18.3. The van der Waals surface area contributed by atoms with Gasteiger partial charge in [0.05, 0.1) is 11.9 Å². The second kappa shape index (κ2) is 9.25. The van der Waals surface area contributed by atoms with Gasteiger partial charge in [-0.2, -0.15) is 0 Å². The Kier molecular flexibility index (Phi) is 6.43. The van der Waals surface area contributed by atoms with Crippen molar-refractivity contribution in [3.8, 4) is 11.4 Å². The van der Waals surface area contributed by atoms with Gasteiger partial charge in [0.2, 0.25) is 5.91 Å². The predicted molar refractivity (Wildman–Crippen MR) is 123 cm³/mol. The second-order valence-electron chi connectivity index (χ2n) is 7.85. The summed E-state index contributed by atoms with van der Waals surface area (Å²) < 4.78 is 7.89. The van der Waals surface area contributed by atoms with Crippen LogP contribution in [-0.4, -0.2) is 50.0 Å². The smallest absolute Gasteiger partial charge is 0.332 e. The van der Waals surface area contributed by atoms with Gasteiger partial charge in [-0.05, 0) is 25.8 Å². The van der Waals surface area contributed by atoms with Crippen LogP contribution in [0.1, 0.15) is 18.4 Å². The first kappa shape index (κ1) is 22.2. The normalized spacial score (nSPS) is 15.9. The molecule has 168 valence electrons. The molecule has 3 aromatic rings. The highest BCUT2D eigenvalue weighted by molar-refractivity contribution is 8.00. The van der Waals surface area contributed by atoms with Crippen molar-refractivity contribution in [1.82, 2.24) is 24.4 Å². The van der Waals surface area contributed by atoms with Gasteiger partial charge in [0.15, 0.2) is 11.5 Å². The molecule has 3 heterocycles. The van der Waals surface area contributed by atoms with Gasteiger partial charge in [-0.1, -0.05) is 35.5 Å². The lowest BCUT2D eigenvalue weighted by molar-refractivity contribution is -0.119. The Labute approximate surface area is 188 Å². The van der Waals surface area contributed by atoms with Crippen molar-refractivity contribution in [3.05, 3.63) is 50.7 Å². The molecule has 1 amide bonds. The summed E-state index contributed by atoms with van der Waals surface area (Å²) in [6, 6.07) is 7.66. The number of benzene rings is 1. The summed E-state index contributed by atoms with van der Waals surface area (Å²) in [4.78, 5) is 46.9. The number of ether oxygens (including phenoxy) is 1. The molecule has 9 nitrogen and oxygen atoms in total. The SMILES string of the molecule is Cc1cccc(-c2nc(SCC(=O)NC[C@@H]3CCCO3)c3c(=O)n(C)c(=O)n(C)c3n2)c1. The summed E-state index contributed by atoms with van der Waals surface area (Å²) in [5, 5.41) is 3.47. The fraction of sp³-hybridized carbons (Fsp3) is 0.409. The maximum Gasteiger partial charge on any atom is 0.332 e. The fourth-order valence-corrected chi connectivity index (χ4v) is 4.51. The highest BCUT2D eigenvalue weighted by Gasteiger charge is 2.20. The zero-order chi connectivity index (χ0) is 22.8. The quantitative estimate of drug-likeness (QED) is 0.442. The highest BCUT2D eigenvalue weighted by Crippen LogP contribution is 2.26. The lowest BCUT2D eigenvalue weighted by atomic mass is 10.1. The van der Waals surface area contributed by atoms with E-state index in [2.05, 4.69) is 15.3 Å². The summed E-state index contributed by atoms with van der Waals surface area (Å²) in [5.74, 6) is 0.306. The van der Waals surface area contributed by atoms with Gasteiger partial charge in [0.25, 0.3) is 5.56 Å². The van der Waals surface area contributed by atoms with Crippen LogP contribution in [0.15, 0.2) is 38.9 Å². The van der Waals surface area contributed by atoms with Gasteiger partial charge < -0.3 is 10.1 Å². The molecule has 1 aliphatic rings. The minimum atomic E-state index is -0.485. The summed E-state index contributed by atoms with van der Waals surface area (Å²) in [6.45, 7) is 3.16. The molecule has 4 rings (SSSR count). The van der Waals surface area contributed by atoms with Gasteiger partial charge in [-0.25, -0.2) is 14.8 Å². The fourth-order valence-electron chi connectivity index (χ4n) is 3.66. The number of hydrogen-bond donors (Lipinski definition) is 1. The maximum absolute atomic E-state index is 12.9. The number of nitrogens with zero attached hydrogens (tertiary/aromatic N) is 4. The number of carbonyl (C=O) groups is 1. The van der Waals surface area contributed by atoms with Crippen LogP contribution in [0.2, 0.25) is 0 Å². The minimum Gasteiger partial charge on any atom is -0.376 e. The molecule has 1 N–H and O–H groups in total. The van der Waals surface area contributed by atoms with Gasteiger partial charge in [-0.3, -0.25) is 18.7 Å². The van der Waals surface area contributed by atoms with E-state index in [-0.39, 0.29) is 28.8 Å². The summed E-state index contributed by atoms with van der Waals surface area (Å²) in [5.41, 5.74) is 1.09. The van der Waals surface area contributed by atoms with E-state index in [1.54, 1.807) is 7.05 Å². The Morgan fingerprint density at radius 3 is 2.78 bits per heavy atom. The second-order valence-corrected chi connectivity index (χ2v) is 8.82. The summed E-state index contributed by atoms with van der Waals surface area (Å²) in [7, 11) is 2.99. The van der Waals surface area contributed by atoms with Crippen molar-refractivity contribution in [2.75, 3.05) is 18.9 Å². The lowest BCUT2D eigenvalue weighted by Crippen LogP contribution is -2.38. The number of carbonyl (C=O) groups excluding carboxylic acids is 1. The van der Waals surface area contributed by atoms with Crippen molar-refractivity contribution in [2.45, 2.75) is 30.9 Å². The molecule has 0 spiro atoms. The van der Waals surface area contributed by atoms with E-state index in [9.17, 15) is 14.4 Å². The van der Waals surface area contributed by atoms with E-state index in [1.165, 1.54) is 11.6 Å². The van der Waals surface area contributed by atoms with Crippen LogP contribution in [0, 0.1) is 6.92 Å². The zero-order valence-corrected chi connectivity index (χ0v) is 19.1. The highest BCUT2D eigenvalue weighted by atomic mass is 32.2. The van der Waals surface area contributed by atoms with E-state index in [0.717, 1.165) is 46.9 Å². The van der Waals surface area contributed by atoms with Crippen molar-refractivity contribution in [3.63, 3.8) is 0 Å². The van der Waals surface area contributed by atoms with Gasteiger partial charge in [0.1, 0.15) is 10.4 Å². The number of hydrogen-bond acceptors (Lipinski definition) is 7. The topological polar surface area (TPSA) is 108 Å². The van der Waals surface area contributed by atoms with E-state index in [1.807, 2.05) is 31.2 Å². The first-order chi connectivity index (χ1) is 15.3. The third-order valence-corrected chi connectivity index (χ3v) is 6.41. The van der Waals surface area contributed by atoms with Crippen molar-refractivity contribution in [2.24, 2.45) is 14.1 Å². The molecule has 1 aliphatic heterocycles. The Morgan fingerprint density at radius 1 is 1.25 bits per heavy atom. The molecule has 1 atom stereocenters. The van der Waals surface area contributed by atoms with Crippen LogP contribution >= 0.6 is 11.8 Å². The third-order valence-electron chi connectivity index (χ3n) is 5.43. The van der Waals surface area contributed by atoms with Crippen LogP contribution < -0.4 is 16.6 Å². The summed E-state index contributed by atoms with van der Waals surface area (Å²) >= 11 is 1.16. The number of aryl methyl sites for hydroxylation is 2. The molecule has 0 saturated carbocycles.